The van der Waals surface area contributed by atoms with E-state index in [0.29, 0.717) is 25.3 Å². The lowest BCUT2D eigenvalue weighted by Crippen LogP contribution is -2.28. The minimum absolute atomic E-state index is 0.0692. The Hall–Kier alpha value is -3.66. The van der Waals surface area contributed by atoms with Crippen LogP contribution >= 0.6 is 0 Å². The maximum atomic E-state index is 13.5. The first-order valence-corrected chi connectivity index (χ1v) is 10.2. The molecule has 5 rings (SSSR count). The molecule has 2 heterocycles. The highest BCUT2D eigenvalue weighted by molar-refractivity contribution is 6.04. The number of carbonyl (C=O) groups is 1. The molecule has 1 amide bonds. The van der Waals surface area contributed by atoms with E-state index in [4.69, 9.17) is 9.72 Å². The highest BCUT2D eigenvalue weighted by atomic mass is 16.5. The van der Waals surface area contributed by atoms with Crippen molar-refractivity contribution in [2.75, 3.05) is 13.7 Å². The molecule has 148 valence electrons. The van der Waals surface area contributed by atoms with Crippen molar-refractivity contribution >= 4 is 16.8 Å². The van der Waals surface area contributed by atoms with Crippen LogP contribution in [0.25, 0.3) is 22.0 Å². The van der Waals surface area contributed by atoms with Crippen molar-refractivity contribution in [3.8, 4) is 16.9 Å². The number of carbonyl (C=O) groups excluding carboxylic acids is 1. The van der Waals surface area contributed by atoms with Crippen LogP contribution in [0.1, 0.15) is 21.6 Å². The molecule has 1 aliphatic heterocycles. The van der Waals surface area contributed by atoms with E-state index >= 15 is 0 Å². The van der Waals surface area contributed by atoms with Crippen LogP contribution in [-0.2, 0) is 13.0 Å². The molecule has 4 nitrogen and oxygen atoms in total. The molecule has 3 aromatic carbocycles. The zero-order valence-corrected chi connectivity index (χ0v) is 16.8. The van der Waals surface area contributed by atoms with E-state index in [1.54, 1.807) is 4.90 Å². The molecule has 0 fully saturated rings. The third kappa shape index (κ3) is 3.20. The third-order valence-corrected chi connectivity index (χ3v) is 5.57. The first-order chi connectivity index (χ1) is 14.7. The van der Waals surface area contributed by atoms with Crippen molar-refractivity contribution in [1.29, 1.82) is 0 Å². The minimum atomic E-state index is -0.0692. The Morgan fingerprint density at radius 3 is 2.57 bits per heavy atom. The van der Waals surface area contributed by atoms with Gasteiger partial charge in [0.2, 0.25) is 0 Å². The zero-order chi connectivity index (χ0) is 20.5. The first-order valence-electron chi connectivity index (χ1n) is 10.2. The molecule has 1 aromatic heterocycles. The number of pyridine rings is 1. The van der Waals surface area contributed by atoms with Crippen LogP contribution in [0.3, 0.4) is 0 Å². The van der Waals surface area contributed by atoms with Crippen LogP contribution < -0.4 is 4.74 Å². The molecule has 0 saturated heterocycles. The molecule has 0 saturated carbocycles. The molecule has 1 aliphatic rings. The van der Waals surface area contributed by atoms with Gasteiger partial charge in [-0.3, -0.25) is 4.79 Å². The number of hydrogen-bond acceptors (Lipinski definition) is 3. The van der Waals surface area contributed by atoms with Gasteiger partial charge in [0, 0.05) is 36.5 Å². The third-order valence-electron chi connectivity index (χ3n) is 5.57. The number of rotatable bonds is 3. The molecular formula is C26H22N2O2. The number of hydrogen-bond donors (Lipinski definition) is 0. The SMILES string of the molecule is CN(Cc1ccccc1)C(=O)c1nc2ccccc2c2c1CCOc1ccccc1-2. The standard InChI is InChI=1S/C26H22N2O2/c1-28(17-18-9-3-2-4-10-18)26(29)25-21-15-16-30-23-14-8-6-12-20(23)24(21)19-11-5-7-13-22(19)27-25/h2-14H,15-17H2,1H3. The molecule has 4 heteroatoms. The molecule has 4 aromatic rings. The number of ether oxygens (including phenoxy) is 1. The predicted molar refractivity (Wildman–Crippen MR) is 119 cm³/mol. The van der Waals surface area contributed by atoms with Gasteiger partial charge in [0.25, 0.3) is 5.91 Å². The van der Waals surface area contributed by atoms with Crippen molar-refractivity contribution in [2.45, 2.75) is 13.0 Å². The van der Waals surface area contributed by atoms with Gasteiger partial charge in [-0.1, -0.05) is 66.7 Å². The summed E-state index contributed by atoms with van der Waals surface area (Å²) >= 11 is 0. The molecule has 30 heavy (non-hydrogen) atoms. The lowest BCUT2D eigenvalue weighted by atomic mass is 9.92. The molecule has 0 atom stereocenters. The van der Waals surface area contributed by atoms with Crippen molar-refractivity contribution < 1.29 is 9.53 Å². The summed E-state index contributed by atoms with van der Waals surface area (Å²) in [7, 11) is 1.83. The summed E-state index contributed by atoms with van der Waals surface area (Å²) in [6, 6.07) is 26.1. The molecule has 0 aliphatic carbocycles. The van der Waals surface area contributed by atoms with Crippen LogP contribution in [0.2, 0.25) is 0 Å². The van der Waals surface area contributed by atoms with Crippen LogP contribution in [0.4, 0.5) is 0 Å². The summed E-state index contributed by atoms with van der Waals surface area (Å²) in [5, 5.41) is 1.05. The Labute approximate surface area is 175 Å². The van der Waals surface area contributed by atoms with E-state index in [2.05, 4.69) is 12.1 Å². The zero-order valence-electron chi connectivity index (χ0n) is 16.8. The van der Waals surface area contributed by atoms with Gasteiger partial charge in [-0.15, -0.1) is 0 Å². The van der Waals surface area contributed by atoms with Crippen molar-refractivity contribution in [2.24, 2.45) is 0 Å². The van der Waals surface area contributed by atoms with E-state index in [0.717, 1.165) is 38.9 Å². The van der Waals surface area contributed by atoms with Gasteiger partial charge in [0.15, 0.2) is 0 Å². The number of para-hydroxylation sites is 2. The van der Waals surface area contributed by atoms with Gasteiger partial charge in [-0.2, -0.15) is 0 Å². The van der Waals surface area contributed by atoms with Crippen molar-refractivity contribution in [3.63, 3.8) is 0 Å². The van der Waals surface area contributed by atoms with E-state index in [-0.39, 0.29) is 5.91 Å². The maximum absolute atomic E-state index is 13.5. The van der Waals surface area contributed by atoms with E-state index in [1.165, 1.54) is 0 Å². The summed E-state index contributed by atoms with van der Waals surface area (Å²) in [6.07, 6.45) is 0.641. The average molecular weight is 394 g/mol. The summed E-state index contributed by atoms with van der Waals surface area (Å²) in [5.41, 5.74) is 5.47. The quantitative estimate of drug-likeness (QED) is 0.485. The van der Waals surface area contributed by atoms with Crippen LogP contribution in [-0.4, -0.2) is 29.4 Å². The number of nitrogens with zero attached hydrogens (tertiary/aromatic N) is 2. The van der Waals surface area contributed by atoms with Crippen LogP contribution in [0.15, 0.2) is 78.9 Å². The van der Waals surface area contributed by atoms with E-state index in [1.807, 2.05) is 73.8 Å². The topological polar surface area (TPSA) is 42.4 Å². The fourth-order valence-corrected chi connectivity index (χ4v) is 4.15. The van der Waals surface area contributed by atoms with E-state index in [9.17, 15) is 4.79 Å². The summed E-state index contributed by atoms with van der Waals surface area (Å²) in [4.78, 5) is 20.1. The highest BCUT2D eigenvalue weighted by Gasteiger charge is 2.26. The molecule has 0 N–H and O–H groups in total. The number of benzene rings is 3. The van der Waals surface area contributed by atoms with Gasteiger partial charge in [-0.25, -0.2) is 4.98 Å². The Morgan fingerprint density at radius 2 is 1.70 bits per heavy atom. The maximum Gasteiger partial charge on any atom is 0.272 e. The van der Waals surface area contributed by atoms with Crippen molar-refractivity contribution in [3.05, 3.63) is 95.7 Å². The predicted octanol–water partition coefficient (Wildman–Crippen LogP) is 5.11. The fraction of sp³-hybridized carbons (Fsp3) is 0.154. The highest BCUT2D eigenvalue weighted by Crippen LogP contribution is 2.40. The largest absolute Gasteiger partial charge is 0.493 e. The average Bonchev–Trinajstić information content (AvgIpc) is 2.99. The van der Waals surface area contributed by atoms with Crippen LogP contribution in [0, 0.1) is 0 Å². The Morgan fingerprint density at radius 1 is 0.967 bits per heavy atom. The van der Waals surface area contributed by atoms with Gasteiger partial charge >= 0.3 is 0 Å². The molecule has 0 spiro atoms. The Balaban J connectivity index is 1.67. The Kier molecular flexibility index (Phi) is 4.68. The summed E-state index contributed by atoms with van der Waals surface area (Å²) in [5.74, 6) is 0.781. The summed E-state index contributed by atoms with van der Waals surface area (Å²) in [6.45, 7) is 1.06. The lowest BCUT2D eigenvalue weighted by Gasteiger charge is -2.20. The van der Waals surface area contributed by atoms with E-state index < -0.39 is 0 Å². The van der Waals surface area contributed by atoms with Gasteiger partial charge < -0.3 is 9.64 Å². The Bertz CT molecular complexity index is 1230. The second-order valence-corrected chi connectivity index (χ2v) is 7.57. The second-order valence-electron chi connectivity index (χ2n) is 7.57. The first kappa shape index (κ1) is 18.4. The smallest absolute Gasteiger partial charge is 0.272 e. The lowest BCUT2D eigenvalue weighted by molar-refractivity contribution is 0.0778. The molecule has 0 bridgehead atoms. The summed E-state index contributed by atoms with van der Waals surface area (Å²) < 4.78 is 6.02. The van der Waals surface area contributed by atoms with Gasteiger partial charge in [-0.05, 0) is 23.3 Å². The molecule has 0 radical (unpaired) electrons. The normalized spacial score (nSPS) is 12.4. The number of aromatic nitrogens is 1. The number of amides is 1. The minimum Gasteiger partial charge on any atom is -0.493 e. The molecule has 0 unspecified atom stereocenters. The van der Waals surface area contributed by atoms with Gasteiger partial charge in [0.05, 0.1) is 12.1 Å². The fourth-order valence-electron chi connectivity index (χ4n) is 4.15. The monoisotopic (exact) mass is 394 g/mol. The second kappa shape index (κ2) is 7.64. The molecular weight excluding hydrogens is 372 g/mol. The number of fused-ring (bicyclic) bond motifs is 5. The van der Waals surface area contributed by atoms with Crippen LogP contribution in [0.5, 0.6) is 5.75 Å². The van der Waals surface area contributed by atoms with Crippen molar-refractivity contribution in [1.82, 2.24) is 9.88 Å². The van der Waals surface area contributed by atoms with Gasteiger partial charge in [0.1, 0.15) is 11.4 Å².